The van der Waals surface area contributed by atoms with Crippen LogP contribution in [0, 0.1) is 5.92 Å². The smallest absolute Gasteiger partial charge is 0.404 e. The lowest BCUT2D eigenvalue weighted by atomic mass is 9.88. The zero-order chi connectivity index (χ0) is 20.8. The van der Waals surface area contributed by atoms with Gasteiger partial charge in [-0.3, -0.25) is 9.79 Å². The summed E-state index contributed by atoms with van der Waals surface area (Å²) < 4.78 is 16.5. The molecule has 0 bridgehead atoms. The molecule has 0 amide bonds. The molecule has 5 heteroatoms. The van der Waals surface area contributed by atoms with E-state index in [9.17, 15) is 14.4 Å². The van der Waals surface area contributed by atoms with E-state index in [1.165, 1.54) is 56.9 Å². The number of phosphoric ester groups is 1. The van der Waals surface area contributed by atoms with E-state index in [1.807, 2.05) is 6.07 Å². The van der Waals surface area contributed by atoms with Gasteiger partial charge in [-0.1, -0.05) is 97.1 Å². The van der Waals surface area contributed by atoms with Gasteiger partial charge in [-0.05, 0) is 42.4 Å². The van der Waals surface area contributed by atoms with E-state index in [-0.39, 0.29) is 0 Å². The van der Waals surface area contributed by atoms with Gasteiger partial charge >= 0.3 is 7.82 Å². The van der Waals surface area contributed by atoms with Crippen molar-refractivity contribution in [1.82, 2.24) is 0 Å². The second-order valence-electron chi connectivity index (χ2n) is 7.97. The average molecular weight is 413 g/mol. The van der Waals surface area contributed by atoms with Gasteiger partial charge in [-0.15, -0.1) is 0 Å². The third kappa shape index (κ3) is 10.6. The second kappa shape index (κ2) is 14.2. The standard InChI is InChI=1S/C23H41O4P/c1-4-7-9-10-11-12-13-17-22-21(19-20(6-3)15-8-5-2)16-14-18-23(22)27-28(24,25)26/h14,16,18,20H,4-13,15,17,19H2,1-3H3,(H2,24,25,26). The maximum Gasteiger partial charge on any atom is 0.524 e. The fourth-order valence-corrected chi connectivity index (χ4v) is 4.24. The van der Waals surface area contributed by atoms with E-state index >= 15 is 0 Å². The molecule has 1 aromatic carbocycles. The normalized spacial score (nSPS) is 12.9. The largest absolute Gasteiger partial charge is 0.524 e. The van der Waals surface area contributed by atoms with Crippen molar-refractivity contribution in [1.29, 1.82) is 0 Å². The monoisotopic (exact) mass is 412 g/mol. The Morgan fingerprint density at radius 3 is 2.18 bits per heavy atom. The molecule has 0 aliphatic heterocycles. The predicted molar refractivity (Wildman–Crippen MR) is 118 cm³/mol. The molecule has 0 spiro atoms. The van der Waals surface area contributed by atoms with Crippen LogP contribution >= 0.6 is 7.82 Å². The van der Waals surface area contributed by atoms with Crippen LogP contribution in [-0.2, 0) is 17.4 Å². The summed E-state index contributed by atoms with van der Waals surface area (Å²) in [6.45, 7) is 6.67. The Balaban J connectivity index is 2.83. The average Bonchev–Trinajstić information content (AvgIpc) is 2.64. The molecule has 0 aromatic heterocycles. The first-order valence-electron chi connectivity index (χ1n) is 11.3. The number of benzene rings is 1. The fraction of sp³-hybridized carbons (Fsp3) is 0.739. The van der Waals surface area contributed by atoms with Crippen molar-refractivity contribution < 1.29 is 18.9 Å². The molecule has 0 aliphatic rings. The summed E-state index contributed by atoms with van der Waals surface area (Å²) in [4.78, 5) is 18.6. The Morgan fingerprint density at radius 1 is 0.929 bits per heavy atom. The van der Waals surface area contributed by atoms with Crippen LogP contribution in [0.1, 0.15) is 103 Å². The molecule has 0 radical (unpaired) electrons. The van der Waals surface area contributed by atoms with Gasteiger partial charge in [0.2, 0.25) is 0 Å². The maximum atomic E-state index is 11.4. The van der Waals surface area contributed by atoms with Crippen LogP contribution in [0.25, 0.3) is 0 Å². The van der Waals surface area contributed by atoms with Gasteiger partial charge < -0.3 is 4.52 Å². The first-order chi connectivity index (χ1) is 13.4. The minimum absolute atomic E-state index is 0.363. The number of hydrogen-bond donors (Lipinski definition) is 2. The molecule has 1 aromatic rings. The number of phosphoric acid groups is 1. The molecule has 0 fully saturated rings. The molecule has 4 nitrogen and oxygen atoms in total. The second-order valence-corrected chi connectivity index (χ2v) is 9.13. The minimum atomic E-state index is -4.55. The quantitative estimate of drug-likeness (QED) is 0.222. The van der Waals surface area contributed by atoms with Crippen LogP contribution in [0.5, 0.6) is 5.75 Å². The fourth-order valence-electron chi connectivity index (χ4n) is 3.81. The van der Waals surface area contributed by atoms with Gasteiger partial charge in [0.25, 0.3) is 0 Å². The van der Waals surface area contributed by atoms with Crippen LogP contribution in [0.2, 0.25) is 0 Å². The molecule has 28 heavy (non-hydrogen) atoms. The molecule has 1 rings (SSSR count). The van der Waals surface area contributed by atoms with Gasteiger partial charge in [0.05, 0.1) is 0 Å². The van der Waals surface area contributed by atoms with Crippen LogP contribution in [0.15, 0.2) is 18.2 Å². The third-order valence-electron chi connectivity index (χ3n) is 5.53. The zero-order valence-corrected chi connectivity index (χ0v) is 19.1. The van der Waals surface area contributed by atoms with Gasteiger partial charge in [0, 0.05) is 0 Å². The molecule has 1 atom stereocenters. The summed E-state index contributed by atoms with van der Waals surface area (Å²) >= 11 is 0. The van der Waals surface area contributed by atoms with E-state index in [0.717, 1.165) is 37.7 Å². The van der Waals surface area contributed by atoms with Gasteiger partial charge in [-0.2, -0.15) is 0 Å². The summed E-state index contributed by atoms with van der Waals surface area (Å²) in [7, 11) is -4.55. The lowest BCUT2D eigenvalue weighted by Crippen LogP contribution is -2.07. The summed E-state index contributed by atoms with van der Waals surface area (Å²) in [6.07, 6.45) is 15.1. The van der Waals surface area contributed by atoms with Crippen LogP contribution < -0.4 is 4.52 Å². The van der Waals surface area contributed by atoms with Crippen molar-refractivity contribution in [3.8, 4) is 5.75 Å². The predicted octanol–water partition coefficient (Wildman–Crippen LogP) is 7.21. The number of rotatable bonds is 16. The molecule has 0 saturated heterocycles. The Kier molecular flexibility index (Phi) is 12.8. The molecule has 0 aliphatic carbocycles. The Morgan fingerprint density at radius 2 is 1.57 bits per heavy atom. The highest BCUT2D eigenvalue weighted by molar-refractivity contribution is 7.46. The van der Waals surface area contributed by atoms with Gasteiger partial charge in [0.15, 0.2) is 0 Å². The summed E-state index contributed by atoms with van der Waals surface area (Å²) in [6, 6.07) is 5.67. The molecular weight excluding hydrogens is 371 g/mol. The highest BCUT2D eigenvalue weighted by Crippen LogP contribution is 2.41. The summed E-state index contributed by atoms with van der Waals surface area (Å²) in [5, 5.41) is 0. The minimum Gasteiger partial charge on any atom is -0.404 e. The highest BCUT2D eigenvalue weighted by atomic mass is 31.2. The van der Waals surface area contributed by atoms with Crippen molar-refractivity contribution >= 4 is 7.82 Å². The summed E-state index contributed by atoms with van der Waals surface area (Å²) in [5.74, 6) is 0.972. The maximum absolute atomic E-state index is 11.4. The van der Waals surface area contributed by atoms with E-state index in [2.05, 4.69) is 26.8 Å². The first kappa shape index (κ1) is 25.2. The van der Waals surface area contributed by atoms with Gasteiger partial charge in [0.1, 0.15) is 5.75 Å². The molecule has 2 N–H and O–H groups in total. The van der Waals surface area contributed by atoms with E-state index < -0.39 is 7.82 Å². The zero-order valence-electron chi connectivity index (χ0n) is 18.2. The number of unbranched alkanes of at least 4 members (excludes halogenated alkanes) is 7. The van der Waals surface area contributed by atoms with E-state index in [1.54, 1.807) is 6.07 Å². The summed E-state index contributed by atoms with van der Waals surface area (Å²) in [5.41, 5.74) is 2.19. The van der Waals surface area contributed by atoms with E-state index in [4.69, 9.17) is 4.52 Å². The molecule has 1 unspecified atom stereocenters. The lowest BCUT2D eigenvalue weighted by Gasteiger charge is -2.20. The van der Waals surface area contributed by atoms with Crippen molar-refractivity contribution in [2.75, 3.05) is 0 Å². The lowest BCUT2D eigenvalue weighted by molar-refractivity contribution is 0.282. The van der Waals surface area contributed by atoms with Crippen molar-refractivity contribution in [2.24, 2.45) is 5.92 Å². The van der Waals surface area contributed by atoms with Crippen molar-refractivity contribution in [2.45, 2.75) is 104 Å². The van der Waals surface area contributed by atoms with Gasteiger partial charge in [-0.25, -0.2) is 4.57 Å². The molecule has 0 saturated carbocycles. The molecule has 0 heterocycles. The number of hydrogen-bond acceptors (Lipinski definition) is 2. The Bertz CT molecular complexity index is 582. The third-order valence-corrected chi connectivity index (χ3v) is 5.96. The SMILES string of the molecule is CCCCCCCCCc1c(CC(CC)CCCC)cccc1OP(=O)(O)O. The molecular formula is C23H41O4P. The Hall–Kier alpha value is -0.830. The highest BCUT2D eigenvalue weighted by Gasteiger charge is 2.20. The van der Waals surface area contributed by atoms with E-state index in [0.29, 0.717) is 11.7 Å². The van der Waals surface area contributed by atoms with Crippen molar-refractivity contribution in [3.63, 3.8) is 0 Å². The van der Waals surface area contributed by atoms with Crippen LogP contribution in [0.3, 0.4) is 0 Å². The van der Waals surface area contributed by atoms with Crippen LogP contribution in [0.4, 0.5) is 0 Å². The van der Waals surface area contributed by atoms with Crippen LogP contribution in [-0.4, -0.2) is 9.79 Å². The first-order valence-corrected chi connectivity index (χ1v) is 12.8. The topological polar surface area (TPSA) is 66.8 Å². The van der Waals surface area contributed by atoms with Crippen molar-refractivity contribution in [3.05, 3.63) is 29.3 Å². The Labute approximate surface area is 172 Å². The molecule has 162 valence electrons.